The quantitative estimate of drug-likeness (QED) is 0.651. The van der Waals surface area contributed by atoms with Crippen molar-refractivity contribution in [3.05, 3.63) is 76.5 Å². The first-order valence-electron chi connectivity index (χ1n) is 8.72. The Balaban J connectivity index is 1.65. The maximum Gasteiger partial charge on any atom is 0.132 e. The lowest BCUT2D eigenvalue weighted by Gasteiger charge is -2.22. The first-order valence-corrected chi connectivity index (χ1v) is 9.10. The summed E-state index contributed by atoms with van der Waals surface area (Å²) in [5, 5.41) is 8.79. The topological polar surface area (TPSA) is 46.2 Å². The van der Waals surface area contributed by atoms with Crippen molar-refractivity contribution in [2.45, 2.75) is 26.1 Å². The Hall–Kier alpha value is -2.08. The van der Waals surface area contributed by atoms with E-state index in [0.717, 1.165) is 23.6 Å². The second-order valence-corrected chi connectivity index (χ2v) is 6.98. The molecule has 3 aromatic rings. The van der Waals surface area contributed by atoms with Crippen LogP contribution in [0.3, 0.4) is 0 Å². The Morgan fingerprint density at radius 2 is 1.96 bits per heavy atom. The lowest BCUT2D eigenvalue weighted by atomic mass is 10.2. The number of halogens is 1. The van der Waals surface area contributed by atoms with Crippen molar-refractivity contribution in [3.8, 4) is 0 Å². The molecule has 1 unspecified atom stereocenters. The molecule has 0 radical (unpaired) electrons. The highest BCUT2D eigenvalue weighted by atomic mass is 35.5. The number of aryl methyl sites for hydroxylation is 1. The molecule has 0 saturated carbocycles. The smallest absolute Gasteiger partial charge is 0.132 e. The van der Waals surface area contributed by atoms with Gasteiger partial charge in [0.15, 0.2) is 0 Å². The molecule has 0 saturated heterocycles. The standard InChI is InChI=1S/C20H25ClN4O/c1-15-17(12-22-13-18(24(2)3)19-10-7-11-26-19)20(21)25(23-15)14-16-8-5-4-6-9-16/h4-11,18,22H,12-14H2,1-3H3. The summed E-state index contributed by atoms with van der Waals surface area (Å²) in [7, 11) is 4.09. The number of aromatic nitrogens is 2. The molecule has 0 fully saturated rings. The minimum atomic E-state index is 0.170. The fourth-order valence-electron chi connectivity index (χ4n) is 3.00. The first-order chi connectivity index (χ1) is 12.6. The van der Waals surface area contributed by atoms with Gasteiger partial charge in [0.1, 0.15) is 10.9 Å². The fraction of sp³-hybridized carbons (Fsp3) is 0.350. The van der Waals surface area contributed by atoms with Gasteiger partial charge < -0.3 is 9.73 Å². The molecule has 0 bridgehead atoms. The highest BCUT2D eigenvalue weighted by Gasteiger charge is 2.18. The minimum absolute atomic E-state index is 0.170. The van der Waals surface area contributed by atoms with Crippen LogP contribution in [-0.4, -0.2) is 35.3 Å². The zero-order valence-corrected chi connectivity index (χ0v) is 16.2. The van der Waals surface area contributed by atoms with Crippen molar-refractivity contribution >= 4 is 11.6 Å². The third kappa shape index (κ3) is 4.36. The van der Waals surface area contributed by atoms with Gasteiger partial charge in [0.25, 0.3) is 0 Å². The largest absolute Gasteiger partial charge is 0.468 e. The molecule has 6 heteroatoms. The predicted molar refractivity (Wildman–Crippen MR) is 104 cm³/mol. The third-order valence-corrected chi connectivity index (χ3v) is 4.92. The van der Waals surface area contributed by atoms with Crippen molar-refractivity contribution in [1.82, 2.24) is 20.0 Å². The van der Waals surface area contributed by atoms with Gasteiger partial charge in [-0.3, -0.25) is 4.90 Å². The van der Waals surface area contributed by atoms with Crippen LogP contribution in [0.2, 0.25) is 5.15 Å². The van der Waals surface area contributed by atoms with Gasteiger partial charge in [-0.25, -0.2) is 4.68 Å². The SMILES string of the molecule is Cc1nn(Cc2ccccc2)c(Cl)c1CNCC(c1ccco1)N(C)C. The lowest BCUT2D eigenvalue weighted by molar-refractivity contribution is 0.250. The van der Waals surface area contributed by atoms with E-state index in [4.69, 9.17) is 16.0 Å². The number of hydrogen-bond acceptors (Lipinski definition) is 4. The van der Waals surface area contributed by atoms with Gasteiger partial charge in [-0.1, -0.05) is 41.9 Å². The van der Waals surface area contributed by atoms with Crippen LogP contribution >= 0.6 is 11.6 Å². The first kappa shape index (κ1) is 18.7. The zero-order valence-electron chi connectivity index (χ0n) is 15.4. The van der Waals surface area contributed by atoms with Gasteiger partial charge in [0.05, 0.1) is 24.5 Å². The van der Waals surface area contributed by atoms with Crippen molar-refractivity contribution in [1.29, 1.82) is 0 Å². The number of hydrogen-bond donors (Lipinski definition) is 1. The summed E-state index contributed by atoms with van der Waals surface area (Å²) >= 11 is 6.59. The average Bonchev–Trinajstić information content (AvgIpc) is 3.23. The van der Waals surface area contributed by atoms with Crippen LogP contribution in [0.25, 0.3) is 0 Å². The van der Waals surface area contributed by atoms with Crippen LogP contribution in [0.4, 0.5) is 0 Å². The molecule has 138 valence electrons. The highest BCUT2D eigenvalue weighted by molar-refractivity contribution is 6.30. The highest BCUT2D eigenvalue weighted by Crippen LogP contribution is 2.22. The number of nitrogens with one attached hydrogen (secondary N) is 1. The molecule has 0 spiro atoms. The Morgan fingerprint density at radius 3 is 2.62 bits per heavy atom. The van der Waals surface area contributed by atoms with Crippen LogP contribution in [0, 0.1) is 6.92 Å². The lowest BCUT2D eigenvalue weighted by Crippen LogP contribution is -2.30. The van der Waals surface area contributed by atoms with Crippen molar-refractivity contribution in [2.75, 3.05) is 20.6 Å². The average molecular weight is 373 g/mol. The maximum absolute atomic E-state index is 6.59. The van der Waals surface area contributed by atoms with Crippen LogP contribution in [0.5, 0.6) is 0 Å². The van der Waals surface area contributed by atoms with Crippen molar-refractivity contribution in [3.63, 3.8) is 0 Å². The fourth-order valence-corrected chi connectivity index (χ4v) is 3.31. The molecule has 1 N–H and O–H groups in total. The van der Waals surface area contributed by atoms with Crippen molar-refractivity contribution in [2.24, 2.45) is 0 Å². The molecule has 0 aliphatic heterocycles. The predicted octanol–water partition coefficient (Wildman–Crippen LogP) is 3.88. The molecular weight excluding hydrogens is 348 g/mol. The van der Waals surface area contributed by atoms with Crippen LogP contribution < -0.4 is 5.32 Å². The van der Waals surface area contributed by atoms with Gasteiger partial charge in [-0.05, 0) is 38.7 Å². The summed E-state index contributed by atoms with van der Waals surface area (Å²) in [6, 6.07) is 14.3. The number of likely N-dealkylation sites (N-methyl/N-ethyl adjacent to an activating group) is 1. The molecule has 5 nitrogen and oxygen atoms in total. The van der Waals surface area contributed by atoms with E-state index >= 15 is 0 Å². The number of nitrogens with zero attached hydrogens (tertiary/aromatic N) is 3. The molecule has 26 heavy (non-hydrogen) atoms. The van der Waals surface area contributed by atoms with Crippen LogP contribution in [0.15, 0.2) is 53.1 Å². The summed E-state index contributed by atoms with van der Waals surface area (Å²) in [6.45, 7) is 4.11. The molecule has 0 aliphatic carbocycles. The molecule has 1 atom stereocenters. The monoisotopic (exact) mass is 372 g/mol. The van der Waals surface area contributed by atoms with E-state index in [0.29, 0.717) is 18.2 Å². The molecule has 1 aromatic carbocycles. The number of furan rings is 1. The van der Waals surface area contributed by atoms with E-state index in [1.165, 1.54) is 5.56 Å². The summed E-state index contributed by atoms with van der Waals surface area (Å²) in [5.74, 6) is 0.949. The van der Waals surface area contributed by atoms with Gasteiger partial charge in [-0.15, -0.1) is 0 Å². The van der Waals surface area contributed by atoms with E-state index < -0.39 is 0 Å². The van der Waals surface area contributed by atoms with Gasteiger partial charge in [-0.2, -0.15) is 5.10 Å². The third-order valence-electron chi connectivity index (χ3n) is 4.49. The molecule has 0 amide bonds. The normalized spacial score (nSPS) is 12.7. The van der Waals surface area contributed by atoms with Crippen LogP contribution in [-0.2, 0) is 13.1 Å². The molecule has 3 rings (SSSR count). The Labute approximate surface area is 159 Å². The van der Waals surface area contributed by atoms with Gasteiger partial charge >= 0.3 is 0 Å². The Morgan fingerprint density at radius 1 is 1.19 bits per heavy atom. The molecular formula is C20H25ClN4O. The van der Waals surface area contributed by atoms with Crippen molar-refractivity contribution < 1.29 is 4.42 Å². The second kappa shape index (κ2) is 8.54. The molecule has 2 aromatic heterocycles. The van der Waals surface area contributed by atoms with E-state index in [1.54, 1.807) is 6.26 Å². The Bertz CT molecular complexity index is 812. The van der Waals surface area contributed by atoms with E-state index in [2.05, 4.69) is 27.4 Å². The van der Waals surface area contributed by atoms with Gasteiger partial charge in [0.2, 0.25) is 0 Å². The van der Waals surface area contributed by atoms with E-state index in [9.17, 15) is 0 Å². The summed E-state index contributed by atoms with van der Waals surface area (Å²) < 4.78 is 7.41. The van der Waals surface area contributed by atoms with E-state index in [-0.39, 0.29) is 6.04 Å². The van der Waals surface area contributed by atoms with E-state index in [1.807, 2.05) is 56.0 Å². The second-order valence-electron chi connectivity index (χ2n) is 6.62. The van der Waals surface area contributed by atoms with Crippen LogP contribution in [0.1, 0.15) is 28.6 Å². The minimum Gasteiger partial charge on any atom is -0.468 e. The van der Waals surface area contributed by atoms with Gasteiger partial charge in [0, 0.05) is 18.7 Å². The summed E-state index contributed by atoms with van der Waals surface area (Å²) in [5.41, 5.74) is 3.18. The molecule has 2 heterocycles. The number of rotatable bonds is 8. The molecule has 0 aliphatic rings. The summed E-state index contributed by atoms with van der Waals surface area (Å²) in [4.78, 5) is 2.14. The summed E-state index contributed by atoms with van der Waals surface area (Å²) in [6.07, 6.45) is 1.71. The zero-order chi connectivity index (χ0) is 18.5. The number of benzene rings is 1. The maximum atomic E-state index is 6.59. The Kier molecular flexibility index (Phi) is 6.14.